The van der Waals surface area contributed by atoms with E-state index in [4.69, 9.17) is 0 Å². The number of hydrogen-bond donors (Lipinski definition) is 1. The van der Waals surface area contributed by atoms with E-state index in [1.807, 2.05) is 36.4 Å². The van der Waals surface area contributed by atoms with Crippen LogP contribution in [0.5, 0.6) is 5.75 Å². The van der Waals surface area contributed by atoms with Gasteiger partial charge >= 0.3 is 0 Å². The summed E-state index contributed by atoms with van der Waals surface area (Å²) in [5.41, 5.74) is 3.31. The topological polar surface area (TPSA) is 20.2 Å². The average Bonchev–Trinajstić information content (AvgIpc) is 2.36. The van der Waals surface area contributed by atoms with E-state index in [9.17, 15) is 5.11 Å². The van der Waals surface area contributed by atoms with E-state index in [0.29, 0.717) is 5.75 Å². The first-order valence-electron chi connectivity index (χ1n) is 6.15. The van der Waals surface area contributed by atoms with Crippen LogP contribution in [0.15, 0.2) is 48.5 Å². The quantitative estimate of drug-likeness (QED) is 0.837. The molecule has 0 fully saturated rings. The van der Waals surface area contributed by atoms with Gasteiger partial charge in [-0.1, -0.05) is 61.9 Å². The first-order valence-corrected chi connectivity index (χ1v) is 6.15. The van der Waals surface area contributed by atoms with Gasteiger partial charge in [0.2, 0.25) is 0 Å². The highest BCUT2D eigenvalue weighted by Crippen LogP contribution is 2.25. The molecule has 0 aromatic heterocycles. The van der Waals surface area contributed by atoms with Crippen molar-refractivity contribution in [3.63, 3.8) is 0 Å². The molecule has 0 heterocycles. The molecule has 2 aromatic carbocycles. The van der Waals surface area contributed by atoms with Gasteiger partial charge in [-0.05, 0) is 23.1 Å². The Bertz CT molecular complexity index is 474. The monoisotopic (exact) mass is 226 g/mol. The fraction of sp³-hybridized carbons (Fsp3) is 0.250. The Morgan fingerprint density at radius 1 is 0.882 bits per heavy atom. The molecule has 0 saturated carbocycles. The highest BCUT2D eigenvalue weighted by atomic mass is 16.3. The molecule has 0 saturated heterocycles. The molecule has 0 unspecified atom stereocenters. The first kappa shape index (κ1) is 11.7. The normalized spacial score (nSPS) is 10.4. The molecule has 0 atom stereocenters. The number of rotatable bonds is 4. The van der Waals surface area contributed by atoms with Crippen molar-refractivity contribution in [1.29, 1.82) is 0 Å². The second kappa shape index (κ2) is 5.53. The maximum absolute atomic E-state index is 10.2. The fourth-order valence-electron chi connectivity index (χ4n) is 2.07. The summed E-state index contributed by atoms with van der Waals surface area (Å²) in [6.07, 6.45) is 2.79. The van der Waals surface area contributed by atoms with Crippen molar-refractivity contribution in [1.82, 2.24) is 0 Å². The largest absolute Gasteiger partial charge is 0.507 e. The second-order valence-corrected chi connectivity index (χ2v) is 4.34. The van der Waals surface area contributed by atoms with Crippen LogP contribution in [0.3, 0.4) is 0 Å². The molecule has 1 heteroatoms. The number of aryl methyl sites for hydroxylation is 1. The van der Waals surface area contributed by atoms with Crippen molar-refractivity contribution >= 4 is 0 Å². The molecule has 1 nitrogen and oxygen atoms in total. The zero-order valence-electron chi connectivity index (χ0n) is 10.2. The summed E-state index contributed by atoms with van der Waals surface area (Å²) in [6, 6.07) is 16.3. The van der Waals surface area contributed by atoms with Crippen LogP contribution >= 0.6 is 0 Å². The van der Waals surface area contributed by atoms with E-state index < -0.39 is 0 Å². The molecular formula is C16H18O. The zero-order valence-corrected chi connectivity index (χ0v) is 10.2. The Hall–Kier alpha value is -1.76. The van der Waals surface area contributed by atoms with Crippen LogP contribution < -0.4 is 0 Å². The average molecular weight is 226 g/mol. The van der Waals surface area contributed by atoms with Crippen molar-refractivity contribution in [3.8, 4) is 5.75 Å². The van der Waals surface area contributed by atoms with Crippen LogP contribution in [-0.4, -0.2) is 5.11 Å². The lowest BCUT2D eigenvalue weighted by Gasteiger charge is -2.09. The van der Waals surface area contributed by atoms with Gasteiger partial charge in [-0.3, -0.25) is 0 Å². The molecule has 0 aliphatic heterocycles. The second-order valence-electron chi connectivity index (χ2n) is 4.34. The Morgan fingerprint density at radius 3 is 2.29 bits per heavy atom. The van der Waals surface area contributed by atoms with Crippen LogP contribution in [0.25, 0.3) is 0 Å². The number of aromatic hydroxyl groups is 1. The number of benzene rings is 2. The van der Waals surface area contributed by atoms with Crippen molar-refractivity contribution < 1.29 is 5.11 Å². The lowest BCUT2D eigenvalue weighted by atomic mass is 9.99. The van der Waals surface area contributed by atoms with Crippen LogP contribution in [0.2, 0.25) is 0 Å². The Kier molecular flexibility index (Phi) is 3.81. The minimum absolute atomic E-state index is 0.471. The smallest absolute Gasteiger partial charge is 0.122 e. The Morgan fingerprint density at radius 2 is 1.59 bits per heavy atom. The summed E-state index contributed by atoms with van der Waals surface area (Å²) in [7, 11) is 0. The van der Waals surface area contributed by atoms with Crippen molar-refractivity contribution in [2.24, 2.45) is 0 Å². The summed E-state index contributed by atoms with van der Waals surface area (Å²) in [4.78, 5) is 0. The first-order chi connectivity index (χ1) is 8.31. The predicted octanol–water partition coefficient (Wildman–Crippen LogP) is 3.94. The van der Waals surface area contributed by atoms with Gasteiger partial charge in [0.25, 0.3) is 0 Å². The minimum atomic E-state index is 0.471. The van der Waals surface area contributed by atoms with Crippen molar-refractivity contribution in [2.75, 3.05) is 0 Å². The molecule has 2 aromatic rings. The zero-order chi connectivity index (χ0) is 12.1. The molecule has 0 amide bonds. The molecule has 0 aliphatic carbocycles. The number of hydrogen-bond acceptors (Lipinski definition) is 1. The van der Waals surface area contributed by atoms with Crippen LogP contribution in [0.4, 0.5) is 0 Å². The van der Waals surface area contributed by atoms with Gasteiger partial charge in [-0.15, -0.1) is 0 Å². The van der Waals surface area contributed by atoms with E-state index in [1.165, 1.54) is 5.56 Å². The maximum atomic E-state index is 10.2. The van der Waals surface area contributed by atoms with E-state index >= 15 is 0 Å². The van der Waals surface area contributed by atoms with Gasteiger partial charge < -0.3 is 5.11 Å². The Balaban J connectivity index is 2.24. The molecule has 17 heavy (non-hydrogen) atoms. The van der Waals surface area contributed by atoms with E-state index in [1.54, 1.807) is 0 Å². The standard InChI is InChI=1S/C16H18O/c1-2-7-14-10-6-11-15(16(14)17)12-13-8-4-3-5-9-13/h3-6,8-11,17H,2,7,12H2,1H3. The van der Waals surface area contributed by atoms with Gasteiger partial charge in [0.1, 0.15) is 5.75 Å². The Labute approximate surface area is 103 Å². The van der Waals surface area contributed by atoms with Gasteiger partial charge in [0, 0.05) is 6.42 Å². The summed E-state index contributed by atoms with van der Waals surface area (Å²) >= 11 is 0. The molecule has 1 N–H and O–H groups in total. The van der Waals surface area contributed by atoms with E-state index in [-0.39, 0.29) is 0 Å². The van der Waals surface area contributed by atoms with Gasteiger partial charge in [-0.2, -0.15) is 0 Å². The molecule has 2 rings (SSSR count). The van der Waals surface area contributed by atoms with Gasteiger partial charge in [0.15, 0.2) is 0 Å². The molecule has 0 aliphatic rings. The third-order valence-corrected chi connectivity index (χ3v) is 2.96. The summed E-state index contributed by atoms with van der Waals surface area (Å²) in [6.45, 7) is 2.13. The molecule has 0 bridgehead atoms. The molecule has 0 radical (unpaired) electrons. The number of phenolic OH excluding ortho intramolecular Hbond substituents is 1. The fourth-order valence-corrected chi connectivity index (χ4v) is 2.07. The van der Waals surface area contributed by atoms with Crippen LogP contribution in [-0.2, 0) is 12.8 Å². The summed E-state index contributed by atoms with van der Waals surface area (Å²) < 4.78 is 0. The maximum Gasteiger partial charge on any atom is 0.122 e. The lowest BCUT2D eigenvalue weighted by molar-refractivity contribution is 0.462. The summed E-state index contributed by atoms with van der Waals surface area (Å²) in [5, 5.41) is 10.2. The van der Waals surface area contributed by atoms with Gasteiger partial charge in [-0.25, -0.2) is 0 Å². The SMILES string of the molecule is CCCc1cccc(Cc2ccccc2)c1O. The van der Waals surface area contributed by atoms with E-state index in [0.717, 1.165) is 30.4 Å². The van der Waals surface area contributed by atoms with Crippen LogP contribution in [0, 0.1) is 0 Å². The van der Waals surface area contributed by atoms with E-state index in [2.05, 4.69) is 19.1 Å². The third-order valence-electron chi connectivity index (χ3n) is 2.96. The number of phenols is 1. The third kappa shape index (κ3) is 2.88. The van der Waals surface area contributed by atoms with Gasteiger partial charge in [0.05, 0.1) is 0 Å². The molecular weight excluding hydrogens is 208 g/mol. The molecule has 88 valence electrons. The minimum Gasteiger partial charge on any atom is -0.507 e. The highest BCUT2D eigenvalue weighted by Gasteiger charge is 2.06. The summed E-state index contributed by atoms with van der Waals surface area (Å²) in [5.74, 6) is 0.471. The van der Waals surface area contributed by atoms with Crippen LogP contribution in [0.1, 0.15) is 30.0 Å². The number of para-hydroxylation sites is 1. The molecule has 0 spiro atoms. The van der Waals surface area contributed by atoms with Crippen molar-refractivity contribution in [3.05, 3.63) is 65.2 Å². The van der Waals surface area contributed by atoms with Crippen molar-refractivity contribution in [2.45, 2.75) is 26.2 Å². The lowest BCUT2D eigenvalue weighted by Crippen LogP contribution is -1.92. The predicted molar refractivity (Wildman–Crippen MR) is 71.3 cm³/mol. The highest BCUT2D eigenvalue weighted by molar-refractivity contribution is 5.43.